The molecule has 1 N–H and O–H groups in total. The molecule has 0 radical (unpaired) electrons. The van der Waals surface area contributed by atoms with Crippen molar-refractivity contribution in [1.82, 2.24) is 4.98 Å². The second kappa shape index (κ2) is 3.39. The number of likely N-dealkylation sites (N-methyl/N-ethyl adjacent to an activating group) is 1. The average molecular weight is 283 g/mol. The molecule has 1 unspecified atom stereocenters. The number of nitrogens with zero attached hydrogens (tertiary/aromatic N) is 1. The van der Waals surface area contributed by atoms with Crippen LogP contribution in [0.3, 0.4) is 0 Å². The van der Waals surface area contributed by atoms with E-state index in [1.165, 1.54) is 20.7 Å². The SMILES string of the molecule is CN1CC(c2ccc[nH]2)c2c1csc2Br. The Morgan fingerprint density at radius 3 is 3.20 bits per heavy atom. The number of hydrogen-bond acceptors (Lipinski definition) is 2. The number of aromatic amines is 1. The molecule has 15 heavy (non-hydrogen) atoms. The zero-order valence-corrected chi connectivity index (χ0v) is 10.7. The van der Waals surface area contributed by atoms with Crippen molar-refractivity contribution < 1.29 is 0 Å². The molecule has 1 atom stereocenters. The second-order valence-electron chi connectivity index (χ2n) is 3.87. The molecular formula is C11H11BrN2S. The largest absolute Gasteiger partial charge is 0.373 e. The van der Waals surface area contributed by atoms with Gasteiger partial charge in [0.1, 0.15) is 0 Å². The van der Waals surface area contributed by atoms with E-state index >= 15 is 0 Å². The molecule has 3 rings (SSSR count). The lowest BCUT2D eigenvalue weighted by molar-refractivity contribution is 0.812. The van der Waals surface area contributed by atoms with Crippen molar-refractivity contribution >= 4 is 33.0 Å². The topological polar surface area (TPSA) is 19.0 Å². The molecule has 2 nitrogen and oxygen atoms in total. The number of halogens is 1. The third-order valence-electron chi connectivity index (χ3n) is 2.98. The number of fused-ring (bicyclic) bond motifs is 1. The molecular weight excluding hydrogens is 272 g/mol. The standard InChI is InChI=1S/C11H11BrN2S/c1-14-5-7(8-3-2-4-13-8)10-9(14)6-15-11(10)12/h2-4,6-7,13H,5H2,1H3. The van der Waals surface area contributed by atoms with Crippen molar-refractivity contribution in [2.45, 2.75) is 5.92 Å². The van der Waals surface area contributed by atoms with Crippen LogP contribution in [0, 0.1) is 0 Å². The van der Waals surface area contributed by atoms with Crippen molar-refractivity contribution in [3.63, 3.8) is 0 Å². The number of nitrogens with one attached hydrogen (secondary N) is 1. The van der Waals surface area contributed by atoms with Crippen LogP contribution in [0.1, 0.15) is 17.2 Å². The van der Waals surface area contributed by atoms with E-state index in [0.29, 0.717) is 5.92 Å². The van der Waals surface area contributed by atoms with Gasteiger partial charge in [0.25, 0.3) is 0 Å². The number of H-pyrrole nitrogens is 1. The Hall–Kier alpha value is -0.740. The van der Waals surface area contributed by atoms with E-state index in [9.17, 15) is 0 Å². The first-order valence-electron chi connectivity index (χ1n) is 4.88. The van der Waals surface area contributed by atoms with Gasteiger partial charge in [-0.1, -0.05) is 0 Å². The zero-order chi connectivity index (χ0) is 10.4. The van der Waals surface area contributed by atoms with Gasteiger partial charge in [-0.3, -0.25) is 0 Å². The molecule has 0 amide bonds. The van der Waals surface area contributed by atoms with E-state index in [2.05, 4.69) is 50.4 Å². The number of anilines is 1. The zero-order valence-electron chi connectivity index (χ0n) is 8.33. The minimum atomic E-state index is 0.487. The van der Waals surface area contributed by atoms with E-state index in [0.717, 1.165) is 6.54 Å². The van der Waals surface area contributed by atoms with Crippen LogP contribution < -0.4 is 4.90 Å². The summed E-state index contributed by atoms with van der Waals surface area (Å²) in [6.07, 6.45) is 1.99. The summed E-state index contributed by atoms with van der Waals surface area (Å²) in [6.45, 7) is 1.07. The molecule has 0 spiro atoms. The maximum Gasteiger partial charge on any atom is 0.0759 e. The molecule has 0 aliphatic carbocycles. The van der Waals surface area contributed by atoms with Gasteiger partial charge in [-0.25, -0.2) is 0 Å². The fourth-order valence-corrected chi connectivity index (χ4v) is 3.88. The van der Waals surface area contributed by atoms with Crippen LogP contribution in [0.2, 0.25) is 0 Å². The molecule has 4 heteroatoms. The molecule has 0 saturated carbocycles. The summed E-state index contributed by atoms with van der Waals surface area (Å²) in [5.41, 5.74) is 4.11. The van der Waals surface area contributed by atoms with Gasteiger partial charge < -0.3 is 9.88 Å². The van der Waals surface area contributed by atoms with Crippen LogP contribution in [-0.4, -0.2) is 18.6 Å². The van der Waals surface area contributed by atoms with Crippen LogP contribution in [-0.2, 0) is 0 Å². The van der Waals surface area contributed by atoms with E-state index in [-0.39, 0.29) is 0 Å². The summed E-state index contributed by atoms with van der Waals surface area (Å²) in [5.74, 6) is 0.487. The van der Waals surface area contributed by atoms with Crippen LogP contribution in [0.4, 0.5) is 5.69 Å². The average Bonchev–Trinajstić information content (AvgIpc) is 2.86. The van der Waals surface area contributed by atoms with E-state index in [1.807, 2.05) is 6.20 Å². The minimum Gasteiger partial charge on any atom is -0.373 e. The predicted molar refractivity (Wildman–Crippen MR) is 67.9 cm³/mol. The highest BCUT2D eigenvalue weighted by atomic mass is 79.9. The van der Waals surface area contributed by atoms with Crippen molar-refractivity contribution in [1.29, 1.82) is 0 Å². The Labute approximate surface area is 101 Å². The molecule has 2 aromatic heterocycles. The third-order valence-corrected chi connectivity index (χ3v) is 4.73. The maximum atomic E-state index is 3.65. The minimum absolute atomic E-state index is 0.487. The van der Waals surface area contributed by atoms with Crippen molar-refractivity contribution in [3.8, 4) is 0 Å². The first kappa shape index (κ1) is 9.48. The lowest BCUT2D eigenvalue weighted by Gasteiger charge is -2.12. The van der Waals surface area contributed by atoms with Gasteiger partial charge in [-0.2, -0.15) is 0 Å². The Morgan fingerprint density at radius 1 is 1.60 bits per heavy atom. The lowest BCUT2D eigenvalue weighted by atomic mass is 10.0. The molecule has 1 aliphatic heterocycles. The first-order valence-corrected chi connectivity index (χ1v) is 6.56. The summed E-state index contributed by atoms with van der Waals surface area (Å²) in [6, 6.07) is 4.23. The molecule has 0 aromatic carbocycles. The normalized spacial score (nSPS) is 19.6. The molecule has 78 valence electrons. The highest BCUT2D eigenvalue weighted by molar-refractivity contribution is 9.11. The van der Waals surface area contributed by atoms with Crippen LogP contribution in [0.15, 0.2) is 27.5 Å². The summed E-state index contributed by atoms with van der Waals surface area (Å²) in [4.78, 5) is 5.64. The Kier molecular flexibility index (Phi) is 2.14. The number of thiophene rings is 1. The van der Waals surface area contributed by atoms with Gasteiger partial charge in [-0.15, -0.1) is 11.3 Å². The molecule has 3 heterocycles. The van der Waals surface area contributed by atoms with Gasteiger partial charge >= 0.3 is 0 Å². The predicted octanol–water partition coefficient (Wildman–Crippen LogP) is 3.42. The number of aromatic nitrogens is 1. The van der Waals surface area contributed by atoms with Crippen molar-refractivity contribution in [2.75, 3.05) is 18.5 Å². The smallest absolute Gasteiger partial charge is 0.0759 e. The summed E-state index contributed by atoms with van der Waals surface area (Å²) in [5, 5.41) is 2.22. The van der Waals surface area contributed by atoms with Crippen LogP contribution in [0.25, 0.3) is 0 Å². The van der Waals surface area contributed by atoms with Gasteiger partial charge in [0, 0.05) is 42.3 Å². The first-order chi connectivity index (χ1) is 7.27. The van der Waals surface area contributed by atoms with Gasteiger partial charge in [0.2, 0.25) is 0 Å². The van der Waals surface area contributed by atoms with Gasteiger partial charge in [0.05, 0.1) is 9.47 Å². The van der Waals surface area contributed by atoms with Crippen LogP contribution in [0.5, 0.6) is 0 Å². The molecule has 2 aromatic rings. The number of hydrogen-bond donors (Lipinski definition) is 1. The number of rotatable bonds is 1. The van der Waals surface area contributed by atoms with Gasteiger partial charge in [-0.05, 0) is 28.1 Å². The van der Waals surface area contributed by atoms with Crippen LogP contribution >= 0.6 is 27.3 Å². The van der Waals surface area contributed by atoms with E-state index in [4.69, 9.17) is 0 Å². The fraction of sp³-hybridized carbons (Fsp3) is 0.273. The molecule has 1 aliphatic rings. The Bertz CT molecular complexity index is 475. The van der Waals surface area contributed by atoms with E-state index < -0.39 is 0 Å². The molecule has 0 saturated heterocycles. The quantitative estimate of drug-likeness (QED) is 0.849. The van der Waals surface area contributed by atoms with Crippen molar-refractivity contribution in [3.05, 3.63) is 38.8 Å². The maximum absolute atomic E-state index is 3.65. The lowest BCUT2D eigenvalue weighted by Crippen LogP contribution is -2.16. The highest BCUT2D eigenvalue weighted by Gasteiger charge is 2.31. The second-order valence-corrected chi connectivity index (χ2v) is 6.06. The third kappa shape index (κ3) is 1.35. The highest BCUT2D eigenvalue weighted by Crippen LogP contribution is 2.46. The summed E-state index contributed by atoms with van der Waals surface area (Å²) in [7, 11) is 2.15. The van der Waals surface area contributed by atoms with E-state index in [1.54, 1.807) is 11.3 Å². The van der Waals surface area contributed by atoms with Gasteiger partial charge in [0.15, 0.2) is 0 Å². The fourth-order valence-electron chi connectivity index (χ4n) is 2.22. The Balaban J connectivity index is 2.11. The Morgan fingerprint density at radius 2 is 2.47 bits per heavy atom. The summed E-state index contributed by atoms with van der Waals surface area (Å²) >= 11 is 5.42. The molecule has 0 fully saturated rings. The molecule has 0 bridgehead atoms. The summed E-state index contributed by atoms with van der Waals surface area (Å²) < 4.78 is 1.27. The van der Waals surface area contributed by atoms with Crippen molar-refractivity contribution in [2.24, 2.45) is 0 Å². The monoisotopic (exact) mass is 282 g/mol.